The molecule has 0 fully saturated rings. The van der Waals surface area contributed by atoms with Crippen molar-refractivity contribution in [2.45, 2.75) is 32.4 Å². The summed E-state index contributed by atoms with van der Waals surface area (Å²) in [4.78, 5) is 0. The molecule has 0 bridgehead atoms. The van der Waals surface area contributed by atoms with Crippen molar-refractivity contribution in [2.24, 2.45) is 14.1 Å². The minimum absolute atomic E-state index is 0.0749. The first-order valence-corrected chi connectivity index (χ1v) is 6.62. The number of aryl methyl sites for hydroxylation is 2. The second kappa shape index (κ2) is 4.86. The summed E-state index contributed by atoms with van der Waals surface area (Å²) in [5.41, 5.74) is 1.25. The molecule has 0 radical (unpaired) electrons. The molecule has 0 spiro atoms. The molecule has 0 atom stereocenters. The van der Waals surface area contributed by atoms with E-state index >= 15 is 0 Å². The summed E-state index contributed by atoms with van der Waals surface area (Å²) in [6, 6.07) is 4.98. The van der Waals surface area contributed by atoms with Gasteiger partial charge in [-0.2, -0.15) is 22.8 Å². The van der Waals surface area contributed by atoms with Crippen LogP contribution in [0, 0.1) is 0 Å². The van der Waals surface area contributed by atoms with Crippen LogP contribution in [0.15, 0.2) is 24.4 Å². The third-order valence-corrected chi connectivity index (χ3v) is 3.45. The second-order valence-corrected chi connectivity index (χ2v) is 6.20. The van der Waals surface area contributed by atoms with E-state index in [1.165, 1.54) is 11.7 Å². The molecule has 0 unspecified atom stereocenters. The summed E-state index contributed by atoms with van der Waals surface area (Å²) in [5.74, 6) is 0. The number of hydrogen-bond donors (Lipinski definition) is 0. The minimum Gasteiger partial charge on any atom is -0.261 e. The van der Waals surface area contributed by atoms with E-state index in [2.05, 4.69) is 25.9 Å². The number of nitrogens with zero attached hydrogens (tertiary/aromatic N) is 3. The molecule has 2 aromatic heterocycles. The molecule has 0 aliphatic carbocycles. The standard InChI is InChI=1S/C15H19F3N3/c1-14(2,3)10-6-7-20(4)11(8-10)12-9-13(15(16,17)18)19-21(12)5/h6-9H,1-5H3/q+1. The summed E-state index contributed by atoms with van der Waals surface area (Å²) in [5, 5.41) is 3.57. The van der Waals surface area contributed by atoms with Crippen LogP contribution >= 0.6 is 0 Å². The van der Waals surface area contributed by atoms with Crippen LogP contribution in [-0.4, -0.2) is 9.78 Å². The van der Waals surface area contributed by atoms with Crippen molar-refractivity contribution in [3.8, 4) is 11.4 Å². The van der Waals surface area contributed by atoms with Gasteiger partial charge in [0.25, 0.3) is 0 Å². The molecule has 2 heterocycles. The molecule has 0 N–H and O–H groups in total. The van der Waals surface area contributed by atoms with Gasteiger partial charge in [0.1, 0.15) is 12.7 Å². The lowest BCUT2D eigenvalue weighted by atomic mass is 9.87. The van der Waals surface area contributed by atoms with E-state index in [1.54, 1.807) is 4.57 Å². The van der Waals surface area contributed by atoms with Crippen molar-refractivity contribution in [3.63, 3.8) is 0 Å². The fourth-order valence-corrected chi connectivity index (χ4v) is 2.14. The first kappa shape index (κ1) is 15.5. The molecular weight excluding hydrogens is 279 g/mol. The average Bonchev–Trinajstić information content (AvgIpc) is 2.70. The number of rotatable bonds is 1. The molecule has 2 aromatic rings. The molecule has 21 heavy (non-hydrogen) atoms. The van der Waals surface area contributed by atoms with E-state index in [1.807, 2.05) is 25.4 Å². The highest BCUT2D eigenvalue weighted by molar-refractivity contribution is 5.53. The Kier molecular flexibility index (Phi) is 3.59. The van der Waals surface area contributed by atoms with Crippen LogP contribution < -0.4 is 4.57 Å². The zero-order valence-corrected chi connectivity index (χ0v) is 12.8. The Morgan fingerprint density at radius 2 is 1.76 bits per heavy atom. The predicted molar refractivity (Wildman–Crippen MR) is 73.5 cm³/mol. The summed E-state index contributed by atoms with van der Waals surface area (Å²) in [7, 11) is 3.33. The van der Waals surface area contributed by atoms with Crippen LogP contribution in [0.5, 0.6) is 0 Å². The summed E-state index contributed by atoms with van der Waals surface area (Å²) in [6.45, 7) is 6.20. The van der Waals surface area contributed by atoms with E-state index in [9.17, 15) is 13.2 Å². The highest BCUT2D eigenvalue weighted by atomic mass is 19.4. The smallest absolute Gasteiger partial charge is 0.261 e. The number of alkyl halides is 3. The van der Waals surface area contributed by atoms with Gasteiger partial charge in [0.15, 0.2) is 11.9 Å². The summed E-state index contributed by atoms with van der Waals surface area (Å²) >= 11 is 0. The van der Waals surface area contributed by atoms with Gasteiger partial charge in [0.05, 0.1) is 0 Å². The van der Waals surface area contributed by atoms with E-state index in [-0.39, 0.29) is 5.41 Å². The molecule has 0 aliphatic rings. The Bertz CT molecular complexity index is 664. The van der Waals surface area contributed by atoms with Gasteiger partial charge in [-0.05, 0) is 11.0 Å². The number of aromatic nitrogens is 3. The van der Waals surface area contributed by atoms with Crippen molar-refractivity contribution < 1.29 is 17.7 Å². The second-order valence-electron chi connectivity index (χ2n) is 6.20. The number of halogens is 3. The van der Waals surface area contributed by atoms with Crippen LogP contribution in [0.2, 0.25) is 0 Å². The third kappa shape index (κ3) is 3.09. The SMILES string of the molecule is Cn1nc(C(F)(F)F)cc1-c1cc(C(C)(C)C)cc[n+]1C. The van der Waals surface area contributed by atoms with Gasteiger partial charge in [0, 0.05) is 25.2 Å². The monoisotopic (exact) mass is 298 g/mol. The molecule has 0 saturated heterocycles. The van der Waals surface area contributed by atoms with Crippen LogP contribution in [0.4, 0.5) is 13.2 Å². The van der Waals surface area contributed by atoms with Crippen LogP contribution in [-0.2, 0) is 25.7 Å². The van der Waals surface area contributed by atoms with Crippen molar-refractivity contribution in [1.29, 1.82) is 0 Å². The number of hydrogen-bond acceptors (Lipinski definition) is 1. The van der Waals surface area contributed by atoms with Crippen molar-refractivity contribution >= 4 is 0 Å². The Morgan fingerprint density at radius 1 is 1.14 bits per heavy atom. The highest BCUT2D eigenvalue weighted by Crippen LogP contribution is 2.31. The molecule has 6 heteroatoms. The van der Waals surface area contributed by atoms with Gasteiger partial charge in [-0.1, -0.05) is 20.8 Å². The minimum atomic E-state index is -4.43. The summed E-state index contributed by atoms with van der Waals surface area (Å²) in [6.07, 6.45) is -2.58. The fourth-order valence-electron chi connectivity index (χ4n) is 2.14. The van der Waals surface area contributed by atoms with Gasteiger partial charge in [-0.15, -0.1) is 0 Å². The summed E-state index contributed by atoms with van der Waals surface area (Å²) < 4.78 is 41.4. The molecule has 0 aliphatic heterocycles. The largest absolute Gasteiger partial charge is 0.435 e. The van der Waals surface area contributed by atoms with Gasteiger partial charge in [0.2, 0.25) is 5.69 Å². The molecule has 2 rings (SSSR count). The Labute approximate surface area is 122 Å². The maximum absolute atomic E-state index is 12.8. The highest BCUT2D eigenvalue weighted by Gasteiger charge is 2.35. The molecule has 0 amide bonds. The first-order valence-electron chi connectivity index (χ1n) is 6.62. The van der Waals surface area contributed by atoms with Gasteiger partial charge >= 0.3 is 6.18 Å². The predicted octanol–water partition coefficient (Wildman–Crippen LogP) is 3.23. The van der Waals surface area contributed by atoms with Crippen molar-refractivity contribution in [1.82, 2.24) is 9.78 Å². The Balaban J connectivity index is 2.59. The molecule has 114 valence electrons. The fraction of sp³-hybridized carbons (Fsp3) is 0.467. The Hall–Kier alpha value is -1.85. The zero-order valence-electron chi connectivity index (χ0n) is 12.8. The maximum Gasteiger partial charge on any atom is 0.435 e. The Morgan fingerprint density at radius 3 is 2.24 bits per heavy atom. The van der Waals surface area contributed by atoms with Gasteiger partial charge in [-0.3, -0.25) is 4.68 Å². The van der Waals surface area contributed by atoms with Crippen LogP contribution in [0.25, 0.3) is 11.4 Å². The van der Waals surface area contributed by atoms with E-state index < -0.39 is 11.9 Å². The quantitative estimate of drug-likeness (QED) is 0.741. The lowest BCUT2D eigenvalue weighted by Crippen LogP contribution is -2.32. The third-order valence-electron chi connectivity index (χ3n) is 3.45. The van der Waals surface area contributed by atoms with Crippen LogP contribution in [0.1, 0.15) is 32.0 Å². The van der Waals surface area contributed by atoms with E-state index in [4.69, 9.17) is 0 Å². The van der Waals surface area contributed by atoms with Crippen molar-refractivity contribution in [2.75, 3.05) is 0 Å². The molecule has 0 aromatic carbocycles. The normalized spacial score (nSPS) is 12.8. The molecular formula is C15H19F3N3+. The topological polar surface area (TPSA) is 21.7 Å². The van der Waals surface area contributed by atoms with E-state index in [0.29, 0.717) is 11.4 Å². The van der Waals surface area contributed by atoms with Crippen LogP contribution in [0.3, 0.4) is 0 Å². The first-order chi connectivity index (χ1) is 9.50. The lowest BCUT2D eigenvalue weighted by Gasteiger charge is -2.18. The maximum atomic E-state index is 12.8. The number of pyridine rings is 1. The van der Waals surface area contributed by atoms with Gasteiger partial charge < -0.3 is 0 Å². The zero-order chi connectivity index (χ0) is 16.0. The molecule has 0 saturated carbocycles. The van der Waals surface area contributed by atoms with E-state index in [0.717, 1.165) is 11.6 Å². The van der Waals surface area contributed by atoms with Gasteiger partial charge in [-0.25, -0.2) is 0 Å². The lowest BCUT2D eigenvalue weighted by molar-refractivity contribution is -0.660. The average molecular weight is 298 g/mol. The van der Waals surface area contributed by atoms with Crippen molar-refractivity contribution in [3.05, 3.63) is 35.7 Å². The molecule has 3 nitrogen and oxygen atoms in total.